The van der Waals surface area contributed by atoms with Crippen LogP contribution in [0.2, 0.25) is 0 Å². The minimum absolute atomic E-state index is 0.138. The van der Waals surface area contributed by atoms with Gasteiger partial charge in [-0.05, 0) is 28.8 Å². The van der Waals surface area contributed by atoms with Crippen LogP contribution >= 0.6 is 0 Å². The van der Waals surface area contributed by atoms with Crippen LogP contribution in [0.1, 0.15) is 21.5 Å². The van der Waals surface area contributed by atoms with Gasteiger partial charge in [-0.1, -0.05) is 42.5 Å². The number of furan rings is 1. The molecule has 1 unspecified atom stereocenters. The van der Waals surface area contributed by atoms with Crippen LogP contribution in [0.25, 0.3) is 11.1 Å². The van der Waals surface area contributed by atoms with E-state index in [9.17, 15) is 20.0 Å². The molecule has 2 N–H and O–H groups in total. The number of carbonyl (C=O) groups is 2. The fourth-order valence-electron chi connectivity index (χ4n) is 2.72. The van der Waals surface area contributed by atoms with E-state index in [1.807, 2.05) is 24.3 Å². The summed E-state index contributed by atoms with van der Waals surface area (Å²) in [4.78, 5) is 23.6. The molecule has 134 valence electrons. The Morgan fingerprint density at radius 1 is 1.11 bits per heavy atom. The zero-order valence-electron chi connectivity index (χ0n) is 14.3. The van der Waals surface area contributed by atoms with Gasteiger partial charge in [0.25, 0.3) is 5.91 Å². The quantitative estimate of drug-likeness (QED) is 0.702. The van der Waals surface area contributed by atoms with Crippen LogP contribution in [-0.4, -0.2) is 23.0 Å². The SMILES string of the molecule is N#Cc1ccccc1-c1ccc(CC(NC(=O)c2ccoc2)C(=O)O)cc1. The zero-order chi connectivity index (χ0) is 19.2. The fraction of sp³-hybridized carbons (Fsp3) is 0.0952. The van der Waals surface area contributed by atoms with E-state index in [4.69, 9.17) is 4.42 Å². The highest BCUT2D eigenvalue weighted by atomic mass is 16.4. The molecule has 3 rings (SSSR count). The summed E-state index contributed by atoms with van der Waals surface area (Å²) in [5.41, 5.74) is 3.28. The minimum atomic E-state index is -1.12. The first kappa shape index (κ1) is 18.0. The first-order chi connectivity index (χ1) is 13.1. The van der Waals surface area contributed by atoms with Crippen molar-refractivity contribution in [1.82, 2.24) is 5.32 Å². The van der Waals surface area contributed by atoms with E-state index >= 15 is 0 Å². The largest absolute Gasteiger partial charge is 0.480 e. The van der Waals surface area contributed by atoms with Gasteiger partial charge in [-0.2, -0.15) is 5.26 Å². The molecule has 2 aromatic carbocycles. The molecule has 0 saturated heterocycles. The Bertz CT molecular complexity index is 986. The molecule has 1 amide bonds. The smallest absolute Gasteiger partial charge is 0.326 e. The molecule has 1 aromatic heterocycles. The van der Waals surface area contributed by atoms with Gasteiger partial charge in [0, 0.05) is 6.42 Å². The summed E-state index contributed by atoms with van der Waals surface area (Å²) in [5.74, 6) is -1.62. The van der Waals surface area contributed by atoms with Crippen LogP contribution in [-0.2, 0) is 11.2 Å². The van der Waals surface area contributed by atoms with Crippen molar-refractivity contribution in [2.75, 3.05) is 0 Å². The molecule has 3 aromatic rings. The van der Waals surface area contributed by atoms with Gasteiger partial charge < -0.3 is 14.8 Å². The molecule has 0 bridgehead atoms. The molecule has 0 aliphatic carbocycles. The molecule has 27 heavy (non-hydrogen) atoms. The topological polar surface area (TPSA) is 103 Å². The lowest BCUT2D eigenvalue weighted by Crippen LogP contribution is -2.42. The number of hydrogen-bond acceptors (Lipinski definition) is 4. The average molecular weight is 360 g/mol. The number of carboxylic acid groups (broad SMARTS) is 1. The van der Waals surface area contributed by atoms with Crippen molar-refractivity contribution in [1.29, 1.82) is 5.26 Å². The van der Waals surface area contributed by atoms with Gasteiger partial charge in [-0.15, -0.1) is 0 Å². The first-order valence-corrected chi connectivity index (χ1v) is 8.23. The number of hydrogen-bond donors (Lipinski definition) is 2. The second-order valence-electron chi connectivity index (χ2n) is 5.93. The number of nitrogens with zero attached hydrogens (tertiary/aromatic N) is 1. The Morgan fingerprint density at radius 2 is 1.85 bits per heavy atom. The van der Waals surface area contributed by atoms with Crippen LogP contribution in [0.4, 0.5) is 0 Å². The third-order valence-electron chi connectivity index (χ3n) is 4.14. The second-order valence-corrected chi connectivity index (χ2v) is 5.93. The van der Waals surface area contributed by atoms with Gasteiger partial charge in [0.15, 0.2) is 0 Å². The summed E-state index contributed by atoms with van der Waals surface area (Å²) in [5, 5.41) is 21.1. The predicted octanol–water partition coefficient (Wildman–Crippen LogP) is 3.24. The molecule has 0 aliphatic rings. The Kier molecular flexibility index (Phi) is 5.33. The summed E-state index contributed by atoms with van der Waals surface area (Å²) in [6.45, 7) is 0. The highest BCUT2D eigenvalue weighted by Crippen LogP contribution is 2.23. The molecule has 0 aliphatic heterocycles. The number of carbonyl (C=O) groups excluding carboxylic acids is 1. The Hall–Kier alpha value is -3.85. The molecule has 6 nitrogen and oxygen atoms in total. The lowest BCUT2D eigenvalue weighted by Gasteiger charge is -2.14. The molecule has 0 saturated carbocycles. The van der Waals surface area contributed by atoms with Crippen molar-refractivity contribution >= 4 is 11.9 Å². The fourth-order valence-corrected chi connectivity index (χ4v) is 2.72. The Balaban J connectivity index is 1.75. The molecule has 0 fully saturated rings. The number of nitrogens with one attached hydrogen (secondary N) is 1. The van der Waals surface area contributed by atoms with Crippen molar-refractivity contribution in [2.45, 2.75) is 12.5 Å². The molecule has 1 atom stereocenters. The van der Waals surface area contributed by atoms with Crippen molar-refractivity contribution in [3.8, 4) is 17.2 Å². The van der Waals surface area contributed by atoms with Gasteiger partial charge in [0.1, 0.15) is 12.3 Å². The van der Waals surface area contributed by atoms with Crippen molar-refractivity contribution in [3.05, 3.63) is 83.8 Å². The van der Waals surface area contributed by atoms with Gasteiger partial charge in [-0.3, -0.25) is 4.79 Å². The second kappa shape index (κ2) is 8.02. The predicted molar refractivity (Wildman–Crippen MR) is 97.9 cm³/mol. The summed E-state index contributed by atoms with van der Waals surface area (Å²) >= 11 is 0. The van der Waals surface area contributed by atoms with E-state index in [-0.39, 0.29) is 12.0 Å². The number of benzene rings is 2. The maximum absolute atomic E-state index is 12.1. The average Bonchev–Trinajstić information content (AvgIpc) is 3.23. The van der Waals surface area contributed by atoms with Crippen molar-refractivity contribution in [2.24, 2.45) is 0 Å². The zero-order valence-corrected chi connectivity index (χ0v) is 14.3. The number of carboxylic acids is 1. The summed E-state index contributed by atoms with van der Waals surface area (Å²) in [6.07, 6.45) is 2.75. The normalized spacial score (nSPS) is 11.4. The monoisotopic (exact) mass is 360 g/mol. The molecular formula is C21H16N2O4. The third kappa shape index (κ3) is 4.22. The van der Waals surface area contributed by atoms with Crippen LogP contribution < -0.4 is 5.32 Å². The lowest BCUT2D eigenvalue weighted by atomic mass is 9.97. The molecule has 6 heteroatoms. The molecule has 0 spiro atoms. The lowest BCUT2D eigenvalue weighted by molar-refractivity contribution is -0.139. The highest BCUT2D eigenvalue weighted by molar-refractivity contribution is 5.96. The van der Waals surface area contributed by atoms with E-state index in [1.165, 1.54) is 18.6 Å². The van der Waals surface area contributed by atoms with E-state index in [0.29, 0.717) is 5.56 Å². The molecule has 0 radical (unpaired) electrons. The molecule has 1 heterocycles. The summed E-state index contributed by atoms with van der Waals surface area (Å²) in [7, 11) is 0. The standard InChI is InChI=1S/C21H16N2O4/c22-12-16-3-1-2-4-18(16)15-7-5-14(6-8-15)11-19(21(25)26)23-20(24)17-9-10-27-13-17/h1-10,13,19H,11H2,(H,23,24)(H,25,26). The van der Waals surface area contributed by atoms with Crippen LogP contribution in [0.3, 0.4) is 0 Å². The number of rotatable bonds is 6. The van der Waals surface area contributed by atoms with Gasteiger partial charge >= 0.3 is 5.97 Å². The van der Waals surface area contributed by atoms with Gasteiger partial charge in [0.05, 0.1) is 23.5 Å². The Morgan fingerprint density at radius 3 is 2.48 bits per heavy atom. The maximum Gasteiger partial charge on any atom is 0.326 e. The minimum Gasteiger partial charge on any atom is -0.480 e. The first-order valence-electron chi connectivity index (χ1n) is 8.23. The summed E-state index contributed by atoms with van der Waals surface area (Å²) in [6, 6.07) is 17.1. The van der Waals surface area contributed by atoms with Crippen molar-refractivity contribution in [3.63, 3.8) is 0 Å². The van der Waals surface area contributed by atoms with Gasteiger partial charge in [0.2, 0.25) is 0 Å². The Labute approximate surface area is 155 Å². The van der Waals surface area contributed by atoms with E-state index in [0.717, 1.165) is 16.7 Å². The molecular weight excluding hydrogens is 344 g/mol. The number of amides is 1. The van der Waals surface area contributed by atoms with Crippen LogP contribution in [0.5, 0.6) is 0 Å². The maximum atomic E-state index is 12.1. The van der Waals surface area contributed by atoms with Crippen LogP contribution in [0, 0.1) is 11.3 Å². The van der Waals surface area contributed by atoms with E-state index < -0.39 is 17.9 Å². The van der Waals surface area contributed by atoms with Crippen molar-refractivity contribution < 1.29 is 19.1 Å². The number of nitriles is 1. The summed E-state index contributed by atoms with van der Waals surface area (Å²) < 4.78 is 4.84. The van der Waals surface area contributed by atoms with Gasteiger partial charge in [-0.25, -0.2) is 4.79 Å². The van der Waals surface area contributed by atoms with E-state index in [1.54, 1.807) is 24.3 Å². The highest BCUT2D eigenvalue weighted by Gasteiger charge is 2.21. The third-order valence-corrected chi connectivity index (χ3v) is 4.14. The van der Waals surface area contributed by atoms with Crippen LogP contribution in [0.15, 0.2) is 71.5 Å². The van der Waals surface area contributed by atoms with E-state index in [2.05, 4.69) is 11.4 Å². The number of aliphatic carboxylic acids is 1.